The van der Waals surface area contributed by atoms with Gasteiger partial charge in [0.15, 0.2) is 0 Å². The van der Waals surface area contributed by atoms with E-state index in [1.807, 2.05) is 36.1 Å². The molecule has 2 atom stereocenters. The fourth-order valence-electron chi connectivity index (χ4n) is 4.52. The van der Waals surface area contributed by atoms with Crippen LogP contribution in [0.5, 0.6) is 0 Å². The number of H-pyrrole nitrogens is 1. The molecule has 2 saturated heterocycles. The lowest BCUT2D eigenvalue weighted by atomic mass is 9.84. The number of primary amides is 1. The first kappa shape index (κ1) is 17.1. The van der Waals surface area contributed by atoms with Gasteiger partial charge in [0, 0.05) is 36.3 Å². The van der Waals surface area contributed by atoms with Gasteiger partial charge in [-0.05, 0) is 38.2 Å². The quantitative estimate of drug-likeness (QED) is 0.885. The number of likely N-dealkylation sites (tertiary alicyclic amines) is 1. The van der Waals surface area contributed by atoms with Gasteiger partial charge in [0.25, 0.3) is 5.91 Å². The SMILES string of the molecule is Cc1[nH]c2ccccc2c1C(=O)N1CCC([C@H]2OCC[C@@H]2C(N)=O)CC1. The number of hydrogen-bond donors (Lipinski definition) is 2. The average Bonchev–Trinajstić information content (AvgIpc) is 3.25. The summed E-state index contributed by atoms with van der Waals surface area (Å²) >= 11 is 0. The van der Waals surface area contributed by atoms with Gasteiger partial charge >= 0.3 is 0 Å². The van der Waals surface area contributed by atoms with E-state index in [1.165, 1.54) is 0 Å². The van der Waals surface area contributed by atoms with E-state index in [9.17, 15) is 9.59 Å². The monoisotopic (exact) mass is 355 g/mol. The molecule has 1 aromatic carbocycles. The second kappa shape index (κ2) is 6.76. The maximum Gasteiger partial charge on any atom is 0.256 e. The number of nitrogens with one attached hydrogen (secondary N) is 1. The summed E-state index contributed by atoms with van der Waals surface area (Å²) in [6.45, 7) is 3.93. The van der Waals surface area contributed by atoms with E-state index in [0.717, 1.165) is 35.0 Å². The summed E-state index contributed by atoms with van der Waals surface area (Å²) < 4.78 is 5.80. The number of carbonyl (C=O) groups is 2. The smallest absolute Gasteiger partial charge is 0.256 e. The number of nitrogens with two attached hydrogens (primary N) is 1. The number of piperidine rings is 1. The van der Waals surface area contributed by atoms with Gasteiger partial charge in [-0.2, -0.15) is 0 Å². The molecule has 2 aromatic rings. The highest BCUT2D eigenvalue weighted by Crippen LogP contribution is 2.34. The number of rotatable bonds is 3. The number of ether oxygens (including phenoxy) is 1. The van der Waals surface area contributed by atoms with Crippen LogP contribution < -0.4 is 5.73 Å². The maximum absolute atomic E-state index is 13.1. The third kappa shape index (κ3) is 2.88. The van der Waals surface area contributed by atoms with E-state index in [-0.39, 0.29) is 23.8 Å². The van der Waals surface area contributed by atoms with Gasteiger partial charge in [-0.1, -0.05) is 18.2 Å². The normalized spacial score (nSPS) is 24.3. The lowest BCUT2D eigenvalue weighted by molar-refractivity contribution is -0.124. The second-order valence-corrected chi connectivity index (χ2v) is 7.43. The van der Waals surface area contributed by atoms with Crippen LogP contribution in [0.1, 0.15) is 35.3 Å². The fourth-order valence-corrected chi connectivity index (χ4v) is 4.52. The summed E-state index contributed by atoms with van der Waals surface area (Å²) in [4.78, 5) is 29.9. The summed E-state index contributed by atoms with van der Waals surface area (Å²) in [5.74, 6) is -0.0705. The van der Waals surface area contributed by atoms with Crippen molar-refractivity contribution in [3.05, 3.63) is 35.5 Å². The van der Waals surface area contributed by atoms with Crippen molar-refractivity contribution in [3.8, 4) is 0 Å². The van der Waals surface area contributed by atoms with Crippen molar-refractivity contribution in [1.82, 2.24) is 9.88 Å². The van der Waals surface area contributed by atoms with Crippen LogP contribution in [0.3, 0.4) is 0 Å². The number of para-hydroxylation sites is 1. The molecule has 0 aliphatic carbocycles. The molecule has 26 heavy (non-hydrogen) atoms. The molecule has 2 fully saturated rings. The molecule has 138 valence electrons. The van der Waals surface area contributed by atoms with Gasteiger partial charge in [-0.25, -0.2) is 0 Å². The molecular formula is C20H25N3O3. The summed E-state index contributed by atoms with van der Waals surface area (Å²) in [7, 11) is 0. The first-order valence-electron chi connectivity index (χ1n) is 9.33. The Kier molecular flexibility index (Phi) is 4.44. The van der Waals surface area contributed by atoms with E-state index in [0.29, 0.717) is 32.0 Å². The Hall–Kier alpha value is -2.34. The Bertz CT molecular complexity index is 836. The van der Waals surface area contributed by atoms with Gasteiger partial charge in [-0.3, -0.25) is 9.59 Å². The molecule has 4 rings (SSSR count). The molecule has 2 aliphatic heterocycles. The van der Waals surface area contributed by atoms with Crippen molar-refractivity contribution >= 4 is 22.7 Å². The first-order valence-corrected chi connectivity index (χ1v) is 9.33. The molecule has 2 aliphatic rings. The van der Waals surface area contributed by atoms with Crippen LogP contribution in [-0.4, -0.2) is 47.5 Å². The highest BCUT2D eigenvalue weighted by atomic mass is 16.5. The molecule has 6 heteroatoms. The molecule has 3 N–H and O–H groups in total. The standard InChI is InChI=1S/C20H25N3O3/c1-12-17(14-4-2-3-5-16(14)22-12)20(25)23-9-6-13(7-10-23)18-15(19(21)24)8-11-26-18/h2-5,13,15,18,22H,6-11H2,1H3,(H2,21,24)/t15-,18+/m0/s1. The molecule has 3 heterocycles. The van der Waals surface area contributed by atoms with Crippen LogP contribution >= 0.6 is 0 Å². The van der Waals surface area contributed by atoms with Crippen LogP contribution in [0.25, 0.3) is 10.9 Å². The average molecular weight is 355 g/mol. The molecule has 0 radical (unpaired) electrons. The van der Waals surface area contributed by atoms with Gasteiger partial charge in [0.1, 0.15) is 0 Å². The number of benzene rings is 1. The molecule has 2 amide bonds. The molecular weight excluding hydrogens is 330 g/mol. The zero-order valence-corrected chi connectivity index (χ0v) is 15.0. The van der Waals surface area contributed by atoms with E-state index >= 15 is 0 Å². The van der Waals surface area contributed by atoms with Crippen molar-refractivity contribution in [2.75, 3.05) is 19.7 Å². The minimum absolute atomic E-state index is 0.0807. The number of nitrogens with zero attached hydrogens (tertiary/aromatic N) is 1. The summed E-state index contributed by atoms with van der Waals surface area (Å²) in [5, 5.41) is 0.977. The van der Waals surface area contributed by atoms with E-state index in [2.05, 4.69) is 4.98 Å². The highest BCUT2D eigenvalue weighted by Gasteiger charge is 2.40. The van der Waals surface area contributed by atoms with Gasteiger partial charge < -0.3 is 20.4 Å². The number of hydrogen-bond acceptors (Lipinski definition) is 3. The number of aromatic nitrogens is 1. The summed E-state index contributed by atoms with van der Waals surface area (Å²) in [6.07, 6.45) is 2.33. The molecule has 0 unspecified atom stereocenters. The Morgan fingerprint density at radius 3 is 2.65 bits per heavy atom. The van der Waals surface area contributed by atoms with E-state index in [4.69, 9.17) is 10.5 Å². The largest absolute Gasteiger partial charge is 0.377 e. The maximum atomic E-state index is 13.1. The van der Waals surface area contributed by atoms with E-state index < -0.39 is 0 Å². The minimum atomic E-state index is -0.263. The predicted molar refractivity (Wildman–Crippen MR) is 98.7 cm³/mol. The second-order valence-electron chi connectivity index (χ2n) is 7.43. The van der Waals surface area contributed by atoms with Crippen LogP contribution in [0, 0.1) is 18.8 Å². The van der Waals surface area contributed by atoms with Crippen molar-refractivity contribution in [1.29, 1.82) is 0 Å². The Labute approximate surface area is 152 Å². The summed E-state index contributed by atoms with van der Waals surface area (Å²) in [6, 6.07) is 7.91. The number of carbonyl (C=O) groups excluding carboxylic acids is 2. The molecule has 1 aromatic heterocycles. The predicted octanol–water partition coefficient (Wildman–Crippen LogP) is 2.22. The number of aromatic amines is 1. The molecule has 0 bridgehead atoms. The molecule has 6 nitrogen and oxygen atoms in total. The zero-order chi connectivity index (χ0) is 18.3. The van der Waals surface area contributed by atoms with Crippen LogP contribution in [0.4, 0.5) is 0 Å². The fraction of sp³-hybridized carbons (Fsp3) is 0.500. The zero-order valence-electron chi connectivity index (χ0n) is 15.0. The highest BCUT2D eigenvalue weighted by molar-refractivity contribution is 6.08. The van der Waals surface area contributed by atoms with Crippen molar-refractivity contribution < 1.29 is 14.3 Å². The van der Waals surface area contributed by atoms with Crippen molar-refractivity contribution in [2.45, 2.75) is 32.3 Å². The lowest BCUT2D eigenvalue weighted by Gasteiger charge is -2.35. The van der Waals surface area contributed by atoms with Crippen LogP contribution in [0.2, 0.25) is 0 Å². The Morgan fingerprint density at radius 1 is 1.19 bits per heavy atom. The van der Waals surface area contributed by atoms with Gasteiger partial charge in [-0.15, -0.1) is 0 Å². The number of amides is 2. The van der Waals surface area contributed by atoms with Gasteiger partial charge in [0.2, 0.25) is 5.91 Å². The van der Waals surface area contributed by atoms with Crippen LogP contribution in [0.15, 0.2) is 24.3 Å². The van der Waals surface area contributed by atoms with E-state index in [1.54, 1.807) is 0 Å². The third-order valence-electron chi connectivity index (χ3n) is 5.90. The first-order chi connectivity index (χ1) is 12.6. The molecule has 0 saturated carbocycles. The minimum Gasteiger partial charge on any atom is -0.377 e. The van der Waals surface area contributed by atoms with Crippen molar-refractivity contribution in [2.24, 2.45) is 17.6 Å². The third-order valence-corrected chi connectivity index (χ3v) is 5.90. The number of fused-ring (bicyclic) bond motifs is 1. The Balaban J connectivity index is 1.47. The number of aryl methyl sites for hydroxylation is 1. The topological polar surface area (TPSA) is 88.4 Å². The van der Waals surface area contributed by atoms with Crippen molar-refractivity contribution in [3.63, 3.8) is 0 Å². The van der Waals surface area contributed by atoms with Crippen LogP contribution in [-0.2, 0) is 9.53 Å². The summed E-state index contributed by atoms with van der Waals surface area (Å²) in [5.41, 5.74) is 8.19. The molecule has 0 spiro atoms. The lowest BCUT2D eigenvalue weighted by Crippen LogP contribution is -2.44. The Morgan fingerprint density at radius 2 is 1.92 bits per heavy atom. The van der Waals surface area contributed by atoms with Gasteiger partial charge in [0.05, 0.1) is 17.6 Å².